The van der Waals surface area contributed by atoms with Crippen LogP contribution in [0.25, 0.3) is 0 Å². The van der Waals surface area contributed by atoms with E-state index in [9.17, 15) is 4.79 Å². The van der Waals surface area contributed by atoms with Crippen molar-refractivity contribution in [3.63, 3.8) is 0 Å². The van der Waals surface area contributed by atoms with Gasteiger partial charge in [0.1, 0.15) is 0 Å². The monoisotopic (exact) mass is 323 g/mol. The third-order valence-electron chi connectivity index (χ3n) is 2.62. The zero-order chi connectivity index (χ0) is 13.1. The van der Waals surface area contributed by atoms with E-state index in [1.54, 1.807) is 24.3 Å². The number of carbonyl (C=O) groups excluding carboxylic acids is 1. The summed E-state index contributed by atoms with van der Waals surface area (Å²) in [5.41, 5.74) is 7.64. The van der Waals surface area contributed by atoms with Crippen molar-refractivity contribution in [3.8, 4) is 0 Å². The number of Topliss-reactive ketones (excluding diaryl/α,β-unsaturated/α-hetero) is 1. The van der Waals surface area contributed by atoms with Crippen molar-refractivity contribution >= 4 is 39.0 Å². The van der Waals surface area contributed by atoms with E-state index in [0.29, 0.717) is 16.3 Å². The molecule has 0 aliphatic carbocycles. The molecule has 0 heterocycles. The number of hydrogen-bond acceptors (Lipinski definition) is 2. The maximum atomic E-state index is 12.1. The minimum Gasteiger partial charge on any atom is -0.398 e. The van der Waals surface area contributed by atoms with Crippen LogP contribution in [0.3, 0.4) is 0 Å². The molecular weight excluding hydrogens is 314 g/mol. The van der Waals surface area contributed by atoms with Crippen LogP contribution in [0.15, 0.2) is 46.9 Å². The number of nitrogen functional groups attached to an aromatic ring is 1. The number of halogens is 2. The minimum absolute atomic E-state index is 0.0342. The van der Waals surface area contributed by atoms with Gasteiger partial charge in [-0.15, -0.1) is 0 Å². The number of carbonyl (C=O) groups is 1. The van der Waals surface area contributed by atoms with Gasteiger partial charge in [0.05, 0.1) is 0 Å². The van der Waals surface area contributed by atoms with E-state index >= 15 is 0 Å². The molecular formula is C14H11BrClNO. The first-order valence-corrected chi connectivity index (χ1v) is 6.56. The van der Waals surface area contributed by atoms with Crippen molar-refractivity contribution < 1.29 is 4.79 Å². The third kappa shape index (κ3) is 2.92. The van der Waals surface area contributed by atoms with Crippen molar-refractivity contribution in [2.24, 2.45) is 0 Å². The predicted octanol–water partition coefficient (Wildman–Crippen LogP) is 4.11. The fourth-order valence-electron chi connectivity index (χ4n) is 1.70. The molecule has 0 aromatic heterocycles. The number of nitrogens with two attached hydrogens (primary N) is 1. The van der Waals surface area contributed by atoms with Gasteiger partial charge >= 0.3 is 0 Å². The van der Waals surface area contributed by atoms with Crippen molar-refractivity contribution in [1.82, 2.24) is 0 Å². The van der Waals surface area contributed by atoms with Crippen LogP contribution in [0, 0.1) is 0 Å². The quantitative estimate of drug-likeness (QED) is 0.682. The van der Waals surface area contributed by atoms with Crippen molar-refractivity contribution in [1.29, 1.82) is 0 Å². The molecule has 0 amide bonds. The first kappa shape index (κ1) is 13.1. The highest BCUT2D eigenvalue weighted by Crippen LogP contribution is 2.22. The highest BCUT2D eigenvalue weighted by Gasteiger charge is 2.12. The van der Waals surface area contributed by atoms with Gasteiger partial charge in [0, 0.05) is 27.2 Å². The van der Waals surface area contributed by atoms with Gasteiger partial charge in [-0.05, 0) is 29.8 Å². The highest BCUT2D eigenvalue weighted by molar-refractivity contribution is 9.10. The summed E-state index contributed by atoms with van der Waals surface area (Å²) < 4.78 is 0.856. The second kappa shape index (κ2) is 5.55. The Labute approximate surface area is 119 Å². The summed E-state index contributed by atoms with van der Waals surface area (Å²) in [5.74, 6) is -0.0342. The molecule has 2 rings (SSSR count). The van der Waals surface area contributed by atoms with E-state index in [1.807, 2.05) is 18.2 Å². The maximum Gasteiger partial charge on any atom is 0.169 e. The van der Waals surface area contributed by atoms with Gasteiger partial charge in [-0.1, -0.05) is 45.7 Å². The third-order valence-corrected chi connectivity index (χ3v) is 3.48. The molecule has 92 valence electrons. The summed E-state index contributed by atoms with van der Waals surface area (Å²) in [6.07, 6.45) is 0.255. The highest BCUT2D eigenvalue weighted by atomic mass is 79.9. The molecule has 0 aliphatic rings. The van der Waals surface area contributed by atoms with Crippen molar-refractivity contribution in [2.45, 2.75) is 6.42 Å². The Bertz CT molecular complexity index is 598. The summed E-state index contributed by atoms with van der Waals surface area (Å²) in [5, 5.41) is 0.599. The number of rotatable bonds is 3. The SMILES string of the molecule is Nc1cc(Br)ccc1C(=O)Cc1ccccc1Cl. The maximum absolute atomic E-state index is 12.1. The summed E-state index contributed by atoms with van der Waals surface area (Å²) in [6.45, 7) is 0. The molecule has 2 aromatic rings. The molecule has 0 saturated heterocycles. The summed E-state index contributed by atoms with van der Waals surface area (Å²) in [7, 11) is 0. The lowest BCUT2D eigenvalue weighted by Gasteiger charge is -2.06. The normalized spacial score (nSPS) is 10.3. The molecule has 4 heteroatoms. The molecule has 0 aliphatic heterocycles. The fourth-order valence-corrected chi connectivity index (χ4v) is 2.28. The van der Waals surface area contributed by atoms with Gasteiger partial charge in [-0.25, -0.2) is 0 Å². The summed E-state index contributed by atoms with van der Waals surface area (Å²) in [6, 6.07) is 12.6. The van der Waals surface area contributed by atoms with E-state index in [4.69, 9.17) is 17.3 Å². The second-order valence-corrected chi connectivity index (χ2v) is 5.25. The fraction of sp³-hybridized carbons (Fsp3) is 0.0714. The van der Waals surface area contributed by atoms with Gasteiger partial charge in [-0.2, -0.15) is 0 Å². The van der Waals surface area contributed by atoms with E-state index in [1.165, 1.54) is 0 Å². The Morgan fingerprint density at radius 3 is 2.61 bits per heavy atom. The molecule has 0 bridgehead atoms. The molecule has 0 fully saturated rings. The molecule has 0 atom stereocenters. The first-order valence-electron chi connectivity index (χ1n) is 5.39. The number of ketones is 1. The van der Waals surface area contributed by atoms with Crippen LogP contribution in [0.5, 0.6) is 0 Å². The van der Waals surface area contributed by atoms with Gasteiger partial charge in [0.2, 0.25) is 0 Å². The number of hydrogen-bond donors (Lipinski definition) is 1. The molecule has 0 unspecified atom stereocenters. The Balaban J connectivity index is 2.25. The van der Waals surface area contributed by atoms with Crippen LogP contribution >= 0.6 is 27.5 Å². The Hall–Kier alpha value is -1.32. The Morgan fingerprint density at radius 2 is 1.94 bits per heavy atom. The van der Waals surface area contributed by atoms with Gasteiger partial charge in [0.15, 0.2) is 5.78 Å². The van der Waals surface area contributed by atoms with Crippen molar-refractivity contribution in [2.75, 3.05) is 5.73 Å². The van der Waals surface area contributed by atoms with Crippen LogP contribution in [0.4, 0.5) is 5.69 Å². The van der Waals surface area contributed by atoms with E-state index in [2.05, 4.69) is 15.9 Å². The van der Waals surface area contributed by atoms with Crippen LogP contribution < -0.4 is 5.73 Å². The topological polar surface area (TPSA) is 43.1 Å². The predicted molar refractivity (Wildman–Crippen MR) is 78.0 cm³/mol. The molecule has 2 aromatic carbocycles. The van der Waals surface area contributed by atoms with Gasteiger partial charge in [0.25, 0.3) is 0 Å². The number of benzene rings is 2. The van der Waals surface area contributed by atoms with E-state index < -0.39 is 0 Å². The van der Waals surface area contributed by atoms with E-state index in [0.717, 1.165) is 10.0 Å². The van der Waals surface area contributed by atoms with Crippen LogP contribution in [0.1, 0.15) is 15.9 Å². The van der Waals surface area contributed by atoms with E-state index in [-0.39, 0.29) is 12.2 Å². The first-order chi connectivity index (χ1) is 8.58. The minimum atomic E-state index is -0.0342. The lowest BCUT2D eigenvalue weighted by Crippen LogP contribution is -2.07. The molecule has 18 heavy (non-hydrogen) atoms. The van der Waals surface area contributed by atoms with Gasteiger partial charge < -0.3 is 5.73 Å². The number of anilines is 1. The standard InChI is InChI=1S/C14H11BrClNO/c15-10-5-6-11(13(17)8-10)14(18)7-9-3-1-2-4-12(9)16/h1-6,8H,7,17H2. The zero-order valence-electron chi connectivity index (χ0n) is 9.49. The largest absolute Gasteiger partial charge is 0.398 e. The average molecular weight is 325 g/mol. The smallest absolute Gasteiger partial charge is 0.169 e. The van der Waals surface area contributed by atoms with Crippen molar-refractivity contribution in [3.05, 3.63) is 63.1 Å². The summed E-state index contributed by atoms with van der Waals surface area (Å²) >= 11 is 9.34. The van der Waals surface area contributed by atoms with Crippen LogP contribution in [-0.4, -0.2) is 5.78 Å². The zero-order valence-corrected chi connectivity index (χ0v) is 11.8. The second-order valence-electron chi connectivity index (χ2n) is 3.92. The van der Waals surface area contributed by atoms with Crippen LogP contribution in [-0.2, 0) is 6.42 Å². The Kier molecular flexibility index (Phi) is 4.04. The lowest BCUT2D eigenvalue weighted by atomic mass is 10.0. The van der Waals surface area contributed by atoms with Gasteiger partial charge in [-0.3, -0.25) is 4.79 Å². The molecule has 2 nitrogen and oxygen atoms in total. The molecule has 0 saturated carbocycles. The lowest BCUT2D eigenvalue weighted by molar-refractivity contribution is 0.0994. The molecule has 0 spiro atoms. The molecule has 2 N–H and O–H groups in total. The van der Waals surface area contributed by atoms with Crippen LogP contribution in [0.2, 0.25) is 5.02 Å². The summed E-state index contributed by atoms with van der Waals surface area (Å²) in [4.78, 5) is 12.1. The Morgan fingerprint density at radius 1 is 1.22 bits per heavy atom. The average Bonchev–Trinajstić information content (AvgIpc) is 2.32. The molecule has 0 radical (unpaired) electrons.